The maximum Gasteiger partial charge on any atom is 3.00 e. The summed E-state index contributed by atoms with van der Waals surface area (Å²) in [5, 5.41) is 0. The summed E-state index contributed by atoms with van der Waals surface area (Å²) in [6, 6.07) is 0. The second kappa shape index (κ2) is 6.52. The van der Waals surface area contributed by atoms with Crippen LogP contribution in [-0.4, -0.2) is 36.8 Å². The molecule has 15 heavy (non-hydrogen) atoms. The van der Waals surface area contributed by atoms with E-state index in [4.69, 9.17) is 0 Å². The maximum atomic E-state index is 11.9. The standard InChI is InChI=1S/C3H7F3N2O4S2.La/c1-8(2)14(10,11)7-13(9,12-6)3(4)5;/h3H,1-2H3;/q;+3. The van der Waals surface area contributed by atoms with Crippen LogP contribution in [0, 0.1) is 35.6 Å². The van der Waals surface area contributed by atoms with Crippen LogP contribution < -0.4 is 0 Å². The summed E-state index contributed by atoms with van der Waals surface area (Å²) in [5.41, 5.74) is 0. The van der Waals surface area contributed by atoms with Crippen molar-refractivity contribution in [1.29, 1.82) is 0 Å². The number of rotatable bonds is 4. The number of hydrogen-bond donors (Lipinski definition) is 0. The second-order valence-corrected chi connectivity index (χ2v) is 5.91. The Labute approximate surface area is 113 Å². The summed E-state index contributed by atoms with van der Waals surface area (Å²) in [4.78, 5) is 0. The molecule has 0 spiro atoms. The van der Waals surface area contributed by atoms with Crippen molar-refractivity contribution >= 4 is 20.2 Å². The topological polar surface area (TPSA) is 76.0 Å². The van der Waals surface area contributed by atoms with Crippen LogP contribution in [0.25, 0.3) is 0 Å². The molecule has 0 radical (unpaired) electrons. The third-order valence-corrected chi connectivity index (χ3v) is 4.11. The molecule has 0 heterocycles. The predicted molar refractivity (Wildman–Crippen MR) is 41.4 cm³/mol. The zero-order valence-electron chi connectivity index (χ0n) is 7.63. The molecule has 0 amide bonds. The first-order valence-corrected chi connectivity index (χ1v) is 5.84. The molecule has 0 saturated carbocycles. The molecule has 1 atom stereocenters. The van der Waals surface area contributed by atoms with E-state index in [1.54, 1.807) is 0 Å². The molecule has 12 heteroatoms. The number of alkyl halides is 2. The Morgan fingerprint density at radius 2 is 1.67 bits per heavy atom. The zero-order chi connectivity index (χ0) is 11.6. The summed E-state index contributed by atoms with van der Waals surface area (Å²) in [6.45, 7) is 0. The summed E-state index contributed by atoms with van der Waals surface area (Å²) >= 11 is 0. The van der Waals surface area contributed by atoms with Gasteiger partial charge in [-0.15, -0.1) is 0 Å². The van der Waals surface area contributed by atoms with Crippen LogP contribution >= 0.6 is 0 Å². The van der Waals surface area contributed by atoms with Crippen molar-refractivity contribution in [3.8, 4) is 0 Å². The molecule has 0 aromatic carbocycles. The van der Waals surface area contributed by atoms with Crippen molar-refractivity contribution in [2.75, 3.05) is 14.1 Å². The minimum atomic E-state index is -5.15. The number of hydrogen-bond acceptors (Lipinski definition) is 4. The molecular weight excluding hydrogens is 388 g/mol. The molecule has 0 bridgehead atoms. The van der Waals surface area contributed by atoms with E-state index < -0.39 is 26.0 Å². The fraction of sp³-hybridized carbons (Fsp3) is 1.00. The molecule has 86 valence electrons. The molecule has 0 saturated heterocycles. The van der Waals surface area contributed by atoms with E-state index >= 15 is 0 Å². The van der Waals surface area contributed by atoms with Gasteiger partial charge in [0.1, 0.15) is 0 Å². The summed E-state index contributed by atoms with van der Waals surface area (Å²) in [7, 11) is -7.83. The van der Waals surface area contributed by atoms with Gasteiger partial charge in [-0.25, -0.2) is 4.21 Å². The van der Waals surface area contributed by atoms with Gasteiger partial charge in [-0.05, 0) is 4.53 Å². The van der Waals surface area contributed by atoms with Crippen molar-refractivity contribution in [2.45, 2.75) is 5.76 Å². The van der Waals surface area contributed by atoms with Gasteiger partial charge in [-0.1, -0.05) is 8.16 Å². The van der Waals surface area contributed by atoms with Crippen LogP contribution in [-0.2, 0) is 24.6 Å². The Hall–Kier alpha value is 0.805. The smallest absolute Gasteiger partial charge is 0.211 e. The van der Waals surface area contributed by atoms with Crippen molar-refractivity contribution in [3.05, 3.63) is 0 Å². The number of halogens is 3. The molecule has 6 nitrogen and oxygen atoms in total. The quantitative estimate of drug-likeness (QED) is 0.687. The van der Waals surface area contributed by atoms with Crippen LogP contribution in [0.15, 0.2) is 3.77 Å². The monoisotopic (exact) mass is 395 g/mol. The second-order valence-electron chi connectivity index (χ2n) is 2.17. The van der Waals surface area contributed by atoms with Gasteiger partial charge < -0.3 is 0 Å². The molecule has 0 rings (SSSR count). The van der Waals surface area contributed by atoms with Crippen molar-refractivity contribution < 1.29 is 65.9 Å². The van der Waals surface area contributed by atoms with Gasteiger partial charge in [0.15, 0.2) is 0 Å². The molecule has 0 aliphatic carbocycles. The first-order valence-electron chi connectivity index (χ1n) is 2.94. The molecular formula is C3H7F3LaN2O4S2+3. The Balaban J connectivity index is 0. The van der Waals surface area contributed by atoms with E-state index in [9.17, 15) is 25.9 Å². The van der Waals surface area contributed by atoms with E-state index in [2.05, 4.69) is 8.16 Å². The van der Waals surface area contributed by atoms with E-state index in [0.29, 0.717) is 4.31 Å². The minimum Gasteiger partial charge on any atom is -0.211 e. The van der Waals surface area contributed by atoms with E-state index in [1.807, 2.05) is 0 Å². The van der Waals surface area contributed by atoms with E-state index in [1.165, 1.54) is 0 Å². The number of nitrogens with zero attached hydrogens (tertiary/aromatic N) is 2. The molecule has 0 aliphatic rings. The molecule has 0 N–H and O–H groups in total. The summed E-state index contributed by atoms with van der Waals surface area (Å²) in [6.07, 6.45) is 0. The maximum absolute atomic E-state index is 11.9. The average molecular weight is 395 g/mol. The molecule has 0 fully saturated rings. The summed E-state index contributed by atoms with van der Waals surface area (Å²) < 4.78 is 72.4. The summed E-state index contributed by atoms with van der Waals surface area (Å²) in [5.74, 6) is -3.86. The first kappa shape index (κ1) is 18.2. The van der Waals surface area contributed by atoms with E-state index in [0.717, 1.165) is 14.1 Å². The van der Waals surface area contributed by atoms with Crippen molar-refractivity contribution in [1.82, 2.24) is 4.31 Å². The Morgan fingerprint density at radius 1 is 1.27 bits per heavy atom. The van der Waals surface area contributed by atoms with Crippen LogP contribution in [0.1, 0.15) is 0 Å². The fourth-order valence-electron chi connectivity index (χ4n) is 0.269. The van der Waals surface area contributed by atoms with Gasteiger partial charge in [0.2, 0.25) is 0 Å². The SMILES string of the molecule is CN(C)S(=O)(=O)N=S(=O)(OF)C(F)F.[La+3]. The third-order valence-electron chi connectivity index (χ3n) is 0.975. The molecule has 0 aromatic heterocycles. The van der Waals surface area contributed by atoms with Gasteiger partial charge >= 0.3 is 51.6 Å². The van der Waals surface area contributed by atoms with Gasteiger partial charge in [0.25, 0.3) is 10.0 Å². The van der Waals surface area contributed by atoms with Gasteiger partial charge in [-0.2, -0.15) is 21.5 Å². The first-order chi connectivity index (χ1) is 6.15. The molecule has 0 aliphatic heterocycles. The van der Waals surface area contributed by atoms with Crippen molar-refractivity contribution in [3.63, 3.8) is 0 Å². The predicted octanol–water partition coefficient (Wildman–Crippen LogP) is 0.300. The van der Waals surface area contributed by atoms with E-state index in [-0.39, 0.29) is 35.6 Å². The Kier molecular flexibility index (Phi) is 7.90. The van der Waals surface area contributed by atoms with Gasteiger partial charge in [-0.3, -0.25) is 0 Å². The average Bonchev–Trinajstić information content (AvgIpc) is 2.02. The molecule has 0 aromatic rings. The zero-order valence-corrected chi connectivity index (χ0v) is 12.9. The third kappa shape index (κ3) is 5.11. The van der Waals surface area contributed by atoms with Crippen LogP contribution in [0.5, 0.6) is 0 Å². The minimum absolute atomic E-state index is 0. The van der Waals surface area contributed by atoms with Gasteiger partial charge in [0.05, 0.1) is 0 Å². The largest absolute Gasteiger partial charge is 3.00 e. The molecule has 1 unspecified atom stereocenters. The Morgan fingerprint density at radius 3 is 1.87 bits per heavy atom. The van der Waals surface area contributed by atoms with Crippen molar-refractivity contribution in [2.24, 2.45) is 3.77 Å². The van der Waals surface area contributed by atoms with Crippen LogP contribution in [0.3, 0.4) is 0 Å². The van der Waals surface area contributed by atoms with Gasteiger partial charge in [0, 0.05) is 14.1 Å². The van der Waals surface area contributed by atoms with Crippen LogP contribution in [0.4, 0.5) is 13.3 Å². The fourth-order valence-corrected chi connectivity index (χ4v) is 2.26. The van der Waals surface area contributed by atoms with Crippen LogP contribution in [0.2, 0.25) is 0 Å². The Bertz CT molecular complexity index is 401. The normalized spacial score (nSPS) is 15.9.